The van der Waals surface area contributed by atoms with Gasteiger partial charge in [0.2, 0.25) is 5.91 Å². The van der Waals surface area contributed by atoms with E-state index in [0.29, 0.717) is 23.0 Å². The van der Waals surface area contributed by atoms with Gasteiger partial charge in [-0.25, -0.2) is 4.39 Å². The lowest BCUT2D eigenvalue weighted by molar-refractivity contribution is -0.122. The van der Waals surface area contributed by atoms with Crippen molar-refractivity contribution in [1.82, 2.24) is 0 Å². The van der Waals surface area contributed by atoms with E-state index in [1.807, 2.05) is 0 Å². The summed E-state index contributed by atoms with van der Waals surface area (Å²) in [5.41, 5.74) is 4.82. The second-order valence-corrected chi connectivity index (χ2v) is 5.21. The van der Waals surface area contributed by atoms with Crippen LogP contribution in [0.5, 0.6) is 0 Å². The highest BCUT2D eigenvalue weighted by Crippen LogP contribution is 2.31. The molecule has 7 heteroatoms. The van der Waals surface area contributed by atoms with Crippen LogP contribution in [0.15, 0.2) is 27.8 Å². The lowest BCUT2D eigenvalue weighted by Gasteiger charge is -2.28. The van der Waals surface area contributed by atoms with Crippen molar-refractivity contribution in [2.75, 3.05) is 5.32 Å². The number of amides is 1. The van der Waals surface area contributed by atoms with Crippen LogP contribution >= 0.6 is 15.9 Å². The minimum Gasteiger partial charge on any atom is -0.409 e. The van der Waals surface area contributed by atoms with E-state index in [-0.39, 0.29) is 5.84 Å². The summed E-state index contributed by atoms with van der Waals surface area (Å²) in [5, 5.41) is 14.4. The van der Waals surface area contributed by atoms with Crippen LogP contribution in [0.1, 0.15) is 26.7 Å². The molecule has 0 saturated carbocycles. The lowest BCUT2D eigenvalue weighted by atomic mass is 9.80. The smallest absolute Gasteiger partial charge is 0.238 e. The number of anilines is 1. The lowest BCUT2D eigenvalue weighted by Crippen LogP contribution is -2.46. The molecule has 1 amide bonds. The molecule has 20 heavy (non-hydrogen) atoms. The summed E-state index contributed by atoms with van der Waals surface area (Å²) in [4.78, 5) is 12.4. The minimum absolute atomic E-state index is 0.160. The Labute approximate surface area is 125 Å². The largest absolute Gasteiger partial charge is 0.409 e. The van der Waals surface area contributed by atoms with Crippen LogP contribution in [0, 0.1) is 11.2 Å². The van der Waals surface area contributed by atoms with Crippen LogP contribution in [0.4, 0.5) is 10.1 Å². The van der Waals surface area contributed by atoms with Crippen molar-refractivity contribution in [2.45, 2.75) is 26.7 Å². The van der Waals surface area contributed by atoms with Crippen LogP contribution in [0.3, 0.4) is 0 Å². The summed E-state index contributed by atoms with van der Waals surface area (Å²) in [7, 11) is 0. The molecule has 1 rings (SSSR count). The number of benzene rings is 1. The molecule has 0 aliphatic rings. The first-order valence-electron chi connectivity index (χ1n) is 6.15. The van der Waals surface area contributed by atoms with E-state index in [9.17, 15) is 9.18 Å². The summed E-state index contributed by atoms with van der Waals surface area (Å²) in [6, 6.07) is 3.97. The van der Waals surface area contributed by atoms with Gasteiger partial charge >= 0.3 is 0 Å². The molecule has 4 N–H and O–H groups in total. The molecule has 1 aromatic rings. The summed E-state index contributed by atoms with van der Waals surface area (Å²) >= 11 is 3.23. The van der Waals surface area contributed by atoms with E-state index in [1.165, 1.54) is 18.2 Å². The maximum Gasteiger partial charge on any atom is 0.238 e. The maximum atomic E-state index is 13.2. The van der Waals surface area contributed by atoms with Crippen LogP contribution in [0.25, 0.3) is 0 Å². The van der Waals surface area contributed by atoms with Crippen molar-refractivity contribution < 1.29 is 14.4 Å². The monoisotopic (exact) mass is 345 g/mol. The molecule has 0 fully saturated rings. The second-order valence-electron chi connectivity index (χ2n) is 4.35. The molecule has 1 aromatic carbocycles. The SMILES string of the molecule is CCC(CC)(C(=O)Nc1cc(F)ccc1Br)/C(N)=N/O. The first-order valence-corrected chi connectivity index (χ1v) is 6.95. The van der Waals surface area contributed by atoms with Gasteiger partial charge in [0.25, 0.3) is 0 Å². The van der Waals surface area contributed by atoms with Crippen LogP contribution in [-0.2, 0) is 4.79 Å². The number of carbonyl (C=O) groups excluding carboxylic acids is 1. The average molecular weight is 346 g/mol. The quantitative estimate of drug-likeness (QED) is 0.331. The van der Waals surface area contributed by atoms with E-state index in [2.05, 4.69) is 26.4 Å². The van der Waals surface area contributed by atoms with Gasteiger partial charge in [-0.3, -0.25) is 4.79 Å². The molecule has 0 spiro atoms. The molecule has 0 aliphatic heterocycles. The Hall–Kier alpha value is -1.63. The molecule has 0 bridgehead atoms. The molecular weight excluding hydrogens is 329 g/mol. The van der Waals surface area contributed by atoms with Gasteiger partial charge in [0.05, 0.1) is 5.69 Å². The fourth-order valence-corrected chi connectivity index (χ4v) is 2.33. The molecule has 0 aromatic heterocycles. The fourth-order valence-electron chi connectivity index (χ4n) is 1.98. The van der Waals surface area contributed by atoms with Gasteiger partial charge in [-0.05, 0) is 47.0 Å². The predicted octanol–water partition coefficient (Wildman–Crippen LogP) is 3.08. The number of nitrogens with zero attached hydrogens (tertiary/aromatic N) is 1. The third-order valence-corrected chi connectivity index (χ3v) is 4.11. The highest BCUT2D eigenvalue weighted by atomic mass is 79.9. The van der Waals surface area contributed by atoms with Gasteiger partial charge in [-0.1, -0.05) is 19.0 Å². The zero-order valence-corrected chi connectivity index (χ0v) is 12.9. The zero-order valence-electron chi connectivity index (χ0n) is 11.3. The average Bonchev–Trinajstić information content (AvgIpc) is 2.44. The Kier molecular flexibility index (Phi) is 5.50. The number of nitrogens with one attached hydrogen (secondary N) is 1. The fraction of sp³-hybridized carbons (Fsp3) is 0.385. The standard InChI is InChI=1S/C13H17BrFN3O2/c1-3-13(4-2,11(16)18-20)12(19)17-10-7-8(15)5-6-9(10)14/h5-7,20H,3-4H2,1-2H3,(H2,16,18)(H,17,19). The van der Waals surface area contributed by atoms with Crippen molar-refractivity contribution in [3.05, 3.63) is 28.5 Å². The number of halogens is 2. The topological polar surface area (TPSA) is 87.7 Å². The summed E-state index contributed by atoms with van der Waals surface area (Å²) in [6.07, 6.45) is 0.719. The Bertz CT molecular complexity index is 530. The summed E-state index contributed by atoms with van der Waals surface area (Å²) in [6.45, 7) is 3.53. The normalized spacial score (nSPS) is 12.3. The molecule has 0 unspecified atom stereocenters. The molecule has 0 heterocycles. The number of nitrogens with two attached hydrogens (primary N) is 1. The highest BCUT2D eigenvalue weighted by Gasteiger charge is 2.40. The van der Waals surface area contributed by atoms with Gasteiger partial charge in [-0.15, -0.1) is 0 Å². The molecule has 5 nitrogen and oxygen atoms in total. The number of carbonyl (C=O) groups is 1. The number of oxime groups is 1. The summed E-state index contributed by atoms with van der Waals surface area (Å²) < 4.78 is 13.8. The van der Waals surface area contributed by atoms with E-state index in [1.54, 1.807) is 13.8 Å². The van der Waals surface area contributed by atoms with Crippen molar-refractivity contribution in [3.8, 4) is 0 Å². The first kappa shape index (κ1) is 16.4. The van der Waals surface area contributed by atoms with Crippen LogP contribution < -0.4 is 11.1 Å². The Morgan fingerprint density at radius 1 is 1.50 bits per heavy atom. The van der Waals surface area contributed by atoms with Crippen molar-refractivity contribution in [1.29, 1.82) is 0 Å². The minimum atomic E-state index is -1.12. The third kappa shape index (κ3) is 3.09. The van der Waals surface area contributed by atoms with Crippen LogP contribution in [-0.4, -0.2) is 17.0 Å². The van der Waals surface area contributed by atoms with Gasteiger partial charge in [0.15, 0.2) is 5.84 Å². The molecule has 110 valence electrons. The van der Waals surface area contributed by atoms with E-state index in [4.69, 9.17) is 10.9 Å². The van der Waals surface area contributed by atoms with Crippen molar-refractivity contribution >= 4 is 33.4 Å². The Balaban J connectivity index is 3.12. The van der Waals surface area contributed by atoms with Gasteiger partial charge in [0.1, 0.15) is 11.2 Å². The van der Waals surface area contributed by atoms with Gasteiger partial charge in [-0.2, -0.15) is 0 Å². The number of hydrogen-bond donors (Lipinski definition) is 3. The van der Waals surface area contributed by atoms with Crippen molar-refractivity contribution in [2.24, 2.45) is 16.3 Å². The van der Waals surface area contributed by atoms with Crippen molar-refractivity contribution in [3.63, 3.8) is 0 Å². The molecule has 0 saturated heterocycles. The molecule has 0 atom stereocenters. The molecule has 0 aliphatic carbocycles. The Morgan fingerprint density at radius 2 is 2.10 bits per heavy atom. The highest BCUT2D eigenvalue weighted by molar-refractivity contribution is 9.10. The molecule has 0 radical (unpaired) electrons. The number of hydrogen-bond acceptors (Lipinski definition) is 3. The van der Waals surface area contributed by atoms with E-state index in [0.717, 1.165) is 0 Å². The van der Waals surface area contributed by atoms with Gasteiger partial charge in [0, 0.05) is 4.47 Å². The first-order chi connectivity index (χ1) is 9.41. The second kappa shape index (κ2) is 6.69. The van der Waals surface area contributed by atoms with Crippen LogP contribution in [0.2, 0.25) is 0 Å². The Morgan fingerprint density at radius 3 is 2.60 bits per heavy atom. The number of rotatable bonds is 5. The third-order valence-electron chi connectivity index (χ3n) is 3.42. The van der Waals surface area contributed by atoms with E-state index >= 15 is 0 Å². The zero-order chi connectivity index (χ0) is 15.3. The predicted molar refractivity (Wildman–Crippen MR) is 79.2 cm³/mol. The maximum absolute atomic E-state index is 13.2. The number of amidine groups is 1. The summed E-state index contributed by atoms with van der Waals surface area (Å²) in [5.74, 6) is -1.07. The van der Waals surface area contributed by atoms with E-state index < -0.39 is 17.1 Å². The van der Waals surface area contributed by atoms with Gasteiger partial charge < -0.3 is 16.3 Å². The molecular formula is C13H17BrFN3O2.